The first-order valence-corrected chi connectivity index (χ1v) is 7.78. The van der Waals surface area contributed by atoms with Crippen molar-refractivity contribution in [2.75, 3.05) is 13.1 Å². The van der Waals surface area contributed by atoms with Crippen LogP contribution >= 0.6 is 0 Å². The molecule has 1 rings (SSSR count). The Morgan fingerprint density at radius 1 is 1.18 bits per heavy atom. The fraction of sp³-hybridized carbons (Fsp3) is 1.00. The molecular formula is C16H33N. The zero-order valence-corrected chi connectivity index (χ0v) is 12.5. The van der Waals surface area contributed by atoms with Gasteiger partial charge in [0, 0.05) is 0 Å². The first-order chi connectivity index (χ1) is 8.08. The molecule has 1 aliphatic rings. The second-order valence-corrected chi connectivity index (χ2v) is 6.87. The van der Waals surface area contributed by atoms with Crippen LogP contribution in [0.4, 0.5) is 0 Å². The minimum Gasteiger partial charge on any atom is -0.316 e. The van der Waals surface area contributed by atoms with Crippen molar-refractivity contribution in [3.8, 4) is 0 Å². The van der Waals surface area contributed by atoms with Crippen LogP contribution in [0, 0.1) is 23.7 Å². The normalized spacial score (nSPS) is 27.4. The average Bonchev–Trinajstić information content (AvgIpc) is 2.23. The maximum atomic E-state index is 3.65. The molecule has 0 aromatic heterocycles. The van der Waals surface area contributed by atoms with E-state index in [4.69, 9.17) is 0 Å². The molecule has 3 unspecified atom stereocenters. The molecule has 0 saturated heterocycles. The first kappa shape index (κ1) is 15.0. The topological polar surface area (TPSA) is 12.0 Å². The smallest absolute Gasteiger partial charge is 0.00231 e. The van der Waals surface area contributed by atoms with Crippen molar-refractivity contribution < 1.29 is 0 Å². The van der Waals surface area contributed by atoms with Crippen LogP contribution in [0.1, 0.15) is 66.2 Å². The predicted molar refractivity (Wildman–Crippen MR) is 77.2 cm³/mol. The Kier molecular flexibility index (Phi) is 7.18. The lowest BCUT2D eigenvalue weighted by atomic mass is 9.81. The largest absolute Gasteiger partial charge is 0.316 e. The number of hydrogen-bond acceptors (Lipinski definition) is 1. The molecule has 0 radical (unpaired) electrons. The molecule has 1 heteroatoms. The zero-order chi connectivity index (χ0) is 12.7. The lowest BCUT2D eigenvalue weighted by Gasteiger charge is -2.27. The SMILES string of the molecule is CC(C)CC(C)CNCCC1CCCC(C)C1. The summed E-state index contributed by atoms with van der Waals surface area (Å²) < 4.78 is 0. The van der Waals surface area contributed by atoms with E-state index in [1.807, 2.05) is 0 Å². The Hall–Kier alpha value is -0.0400. The molecular weight excluding hydrogens is 206 g/mol. The Morgan fingerprint density at radius 2 is 1.94 bits per heavy atom. The fourth-order valence-electron chi connectivity index (χ4n) is 3.36. The lowest BCUT2D eigenvalue weighted by molar-refractivity contribution is 0.265. The summed E-state index contributed by atoms with van der Waals surface area (Å²) in [5.41, 5.74) is 0. The first-order valence-electron chi connectivity index (χ1n) is 7.78. The molecule has 1 nitrogen and oxygen atoms in total. The minimum atomic E-state index is 0.834. The third kappa shape index (κ3) is 7.08. The average molecular weight is 239 g/mol. The Morgan fingerprint density at radius 3 is 2.59 bits per heavy atom. The Labute approximate surface area is 109 Å². The summed E-state index contributed by atoms with van der Waals surface area (Å²) in [4.78, 5) is 0. The van der Waals surface area contributed by atoms with Gasteiger partial charge >= 0.3 is 0 Å². The molecule has 0 heterocycles. The van der Waals surface area contributed by atoms with Crippen LogP contribution in [-0.4, -0.2) is 13.1 Å². The van der Waals surface area contributed by atoms with E-state index in [-0.39, 0.29) is 0 Å². The van der Waals surface area contributed by atoms with Gasteiger partial charge in [0.25, 0.3) is 0 Å². The van der Waals surface area contributed by atoms with Gasteiger partial charge in [-0.3, -0.25) is 0 Å². The highest BCUT2D eigenvalue weighted by atomic mass is 14.9. The molecule has 3 atom stereocenters. The second-order valence-electron chi connectivity index (χ2n) is 6.87. The van der Waals surface area contributed by atoms with Gasteiger partial charge in [-0.25, -0.2) is 0 Å². The number of hydrogen-bond donors (Lipinski definition) is 1. The lowest BCUT2D eigenvalue weighted by Crippen LogP contribution is -2.25. The highest BCUT2D eigenvalue weighted by Gasteiger charge is 2.18. The number of rotatable bonds is 7. The molecule has 0 aromatic carbocycles. The Balaban J connectivity index is 1.99. The summed E-state index contributed by atoms with van der Waals surface area (Å²) >= 11 is 0. The summed E-state index contributed by atoms with van der Waals surface area (Å²) in [6.45, 7) is 11.9. The van der Waals surface area contributed by atoms with Crippen molar-refractivity contribution in [2.45, 2.75) is 66.2 Å². The van der Waals surface area contributed by atoms with Crippen molar-refractivity contribution in [1.29, 1.82) is 0 Å². The van der Waals surface area contributed by atoms with E-state index in [0.717, 1.165) is 23.7 Å². The standard InChI is InChI=1S/C16H33N/c1-13(2)10-15(4)12-17-9-8-16-7-5-6-14(3)11-16/h13-17H,5-12H2,1-4H3. The summed E-state index contributed by atoms with van der Waals surface area (Å²) in [5, 5.41) is 3.65. The summed E-state index contributed by atoms with van der Waals surface area (Å²) in [6.07, 6.45) is 8.65. The van der Waals surface area contributed by atoms with Crippen LogP contribution in [0.25, 0.3) is 0 Å². The highest BCUT2D eigenvalue weighted by molar-refractivity contribution is 4.71. The zero-order valence-electron chi connectivity index (χ0n) is 12.5. The molecule has 0 bridgehead atoms. The molecule has 0 aliphatic heterocycles. The van der Waals surface area contributed by atoms with E-state index in [2.05, 4.69) is 33.0 Å². The highest BCUT2D eigenvalue weighted by Crippen LogP contribution is 2.30. The van der Waals surface area contributed by atoms with Crippen LogP contribution < -0.4 is 5.32 Å². The predicted octanol–water partition coefficient (Wildman–Crippen LogP) is 4.47. The van der Waals surface area contributed by atoms with E-state index in [1.54, 1.807) is 0 Å². The van der Waals surface area contributed by atoms with Crippen LogP contribution in [0.5, 0.6) is 0 Å². The molecule has 0 spiro atoms. The molecule has 0 aromatic rings. The van der Waals surface area contributed by atoms with Gasteiger partial charge in [-0.1, -0.05) is 47.0 Å². The fourth-order valence-corrected chi connectivity index (χ4v) is 3.36. The van der Waals surface area contributed by atoms with Gasteiger partial charge in [-0.2, -0.15) is 0 Å². The van der Waals surface area contributed by atoms with Gasteiger partial charge in [-0.15, -0.1) is 0 Å². The minimum absolute atomic E-state index is 0.834. The van der Waals surface area contributed by atoms with E-state index in [0.29, 0.717) is 0 Å². The molecule has 17 heavy (non-hydrogen) atoms. The third-order valence-electron chi connectivity index (χ3n) is 4.14. The maximum absolute atomic E-state index is 3.65. The van der Waals surface area contributed by atoms with Gasteiger partial charge < -0.3 is 5.32 Å². The van der Waals surface area contributed by atoms with Crippen LogP contribution in [-0.2, 0) is 0 Å². The van der Waals surface area contributed by atoms with E-state index in [1.165, 1.54) is 51.6 Å². The second kappa shape index (κ2) is 8.13. The van der Waals surface area contributed by atoms with Gasteiger partial charge in [0.2, 0.25) is 0 Å². The van der Waals surface area contributed by atoms with Crippen molar-refractivity contribution in [3.63, 3.8) is 0 Å². The van der Waals surface area contributed by atoms with Crippen LogP contribution in [0.15, 0.2) is 0 Å². The molecule has 102 valence electrons. The molecule has 1 N–H and O–H groups in total. The van der Waals surface area contributed by atoms with Gasteiger partial charge in [0.15, 0.2) is 0 Å². The van der Waals surface area contributed by atoms with E-state index >= 15 is 0 Å². The third-order valence-corrected chi connectivity index (χ3v) is 4.14. The maximum Gasteiger partial charge on any atom is -0.00231 e. The van der Waals surface area contributed by atoms with Crippen LogP contribution in [0.2, 0.25) is 0 Å². The van der Waals surface area contributed by atoms with Gasteiger partial charge in [0.05, 0.1) is 0 Å². The van der Waals surface area contributed by atoms with Crippen molar-refractivity contribution in [2.24, 2.45) is 23.7 Å². The summed E-state index contributed by atoms with van der Waals surface area (Å²) in [6, 6.07) is 0. The Bertz CT molecular complexity index is 188. The summed E-state index contributed by atoms with van der Waals surface area (Å²) in [5.74, 6) is 3.66. The molecule has 1 aliphatic carbocycles. The molecule has 0 amide bonds. The van der Waals surface area contributed by atoms with Gasteiger partial charge in [0.1, 0.15) is 0 Å². The van der Waals surface area contributed by atoms with E-state index in [9.17, 15) is 0 Å². The van der Waals surface area contributed by atoms with Crippen molar-refractivity contribution in [1.82, 2.24) is 5.32 Å². The monoisotopic (exact) mass is 239 g/mol. The molecule has 1 saturated carbocycles. The van der Waals surface area contributed by atoms with E-state index < -0.39 is 0 Å². The van der Waals surface area contributed by atoms with Crippen molar-refractivity contribution >= 4 is 0 Å². The summed E-state index contributed by atoms with van der Waals surface area (Å²) in [7, 11) is 0. The number of nitrogens with one attached hydrogen (secondary N) is 1. The molecule has 1 fully saturated rings. The van der Waals surface area contributed by atoms with Crippen LogP contribution in [0.3, 0.4) is 0 Å². The van der Waals surface area contributed by atoms with Crippen molar-refractivity contribution in [3.05, 3.63) is 0 Å². The quantitative estimate of drug-likeness (QED) is 0.646. The van der Waals surface area contributed by atoms with Gasteiger partial charge in [-0.05, 0) is 56.0 Å².